The van der Waals surface area contributed by atoms with Gasteiger partial charge in [-0.15, -0.1) is 0 Å². The third-order valence-electron chi connectivity index (χ3n) is 1.20. The van der Waals surface area contributed by atoms with Crippen molar-refractivity contribution in [2.75, 3.05) is 0 Å². The van der Waals surface area contributed by atoms with E-state index in [1.54, 1.807) is 17.0 Å². The van der Waals surface area contributed by atoms with Crippen molar-refractivity contribution in [2.24, 2.45) is 7.05 Å². The van der Waals surface area contributed by atoms with Crippen LogP contribution in [0.25, 0.3) is 6.08 Å². The highest BCUT2D eigenvalue weighted by Crippen LogP contribution is 1.97. The Morgan fingerprint density at radius 3 is 3.00 bits per heavy atom. The van der Waals surface area contributed by atoms with Crippen LogP contribution in [-0.2, 0) is 11.8 Å². The van der Waals surface area contributed by atoms with Gasteiger partial charge in [0.25, 0.3) is 0 Å². The number of aldehydes is 1. The maximum atomic E-state index is 9.89. The molecule has 1 aromatic rings. The molecule has 0 spiro atoms. The third-order valence-corrected chi connectivity index (χ3v) is 1.20. The fraction of sp³-hybridized carbons (Fsp3) is 0.143. The lowest BCUT2D eigenvalue weighted by Crippen LogP contribution is -1.91. The van der Waals surface area contributed by atoms with Crippen LogP contribution in [0.2, 0.25) is 0 Å². The van der Waals surface area contributed by atoms with Gasteiger partial charge in [0.05, 0.1) is 5.69 Å². The Morgan fingerprint density at radius 2 is 2.50 bits per heavy atom. The predicted molar refractivity (Wildman–Crippen MR) is 38.3 cm³/mol. The summed E-state index contributed by atoms with van der Waals surface area (Å²) in [5.74, 6) is 0. The molecule has 52 valence electrons. The Bertz CT molecular complexity index is 250. The minimum absolute atomic E-state index is 0.743. The molecule has 0 atom stereocenters. The lowest BCUT2D eigenvalue weighted by molar-refractivity contribution is -0.104. The zero-order valence-electron chi connectivity index (χ0n) is 5.69. The fourth-order valence-electron chi connectivity index (χ4n) is 0.686. The summed E-state index contributed by atoms with van der Waals surface area (Å²) in [4.78, 5) is 9.89. The van der Waals surface area contributed by atoms with Crippen LogP contribution in [0.1, 0.15) is 5.69 Å². The van der Waals surface area contributed by atoms with E-state index in [-0.39, 0.29) is 0 Å². The van der Waals surface area contributed by atoms with Crippen molar-refractivity contribution in [1.29, 1.82) is 0 Å². The van der Waals surface area contributed by atoms with E-state index < -0.39 is 0 Å². The van der Waals surface area contributed by atoms with E-state index in [1.807, 2.05) is 13.1 Å². The number of hydrogen-bond donors (Lipinski definition) is 0. The number of rotatable bonds is 2. The summed E-state index contributed by atoms with van der Waals surface area (Å²) in [5.41, 5.74) is 0.923. The van der Waals surface area contributed by atoms with Gasteiger partial charge in [0.2, 0.25) is 0 Å². The van der Waals surface area contributed by atoms with Gasteiger partial charge in [-0.1, -0.05) is 0 Å². The molecule has 3 nitrogen and oxygen atoms in total. The molecule has 0 fully saturated rings. The molecule has 0 radical (unpaired) electrons. The summed E-state index contributed by atoms with van der Waals surface area (Å²) in [5, 5.41) is 3.92. The first-order chi connectivity index (χ1) is 4.84. The molecule has 0 bridgehead atoms. The lowest BCUT2D eigenvalue weighted by atomic mass is 10.4. The van der Waals surface area contributed by atoms with Crippen LogP contribution in [0.15, 0.2) is 18.3 Å². The number of carbonyl (C=O) groups excluding carboxylic acids is 1. The number of nitrogens with zero attached hydrogens (tertiary/aromatic N) is 2. The molecule has 0 aromatic carbocycles. The van der Waals surface area contributed by atoms with Gasteiger partial charge in [0.1, 0.15) is 6.29 Å². The first-order valence-corrected chi connectivity index (χ1v) is 2.94. The van der Waals surface area contributed by atoms with Gasteiger partial charge in [0.15, 0.2) is 0 Å². The molecule has 0 aliphatic carbocycles. The van der Waals surface area contributed by atoms with Gasteiger partial charge in [-0.05, 0) is 18.2 Å². The Balaban J connectivity index is 2.83. The topological polar surface area (TPSA) is 34.9 Å². The van der Waals surface area contributed by atoms with Gasteiger partial charge in [-0.2, -0.15) is 5.10 Å². The number of aromatic nitrogens is 2. The van der Waals surface area contributed by atoms with Gasteiger partial charge >= 0.3 is 0 Å². The van der Waals surface area contributed by atoms with E-state index in [4.69, 9.17) is 0 Å². The van der Waals surface area contributed by atoms with Crippen LogP contribution >= 0.6 is 0 Å². The van der Waals surface area contributed by atoms with E-state index >= 15 is 0 Å². The predicted octanol–water partition coefficient (Wildman–Crippen LogP) is 0.632. The molecule has 0 unspecified atom stereocenters. The van der Waals surface area contributed by atoms with Gasteiger partial charge < -0.3 is 0 Å². The first-order valence-electron chi connectivity index (χ1n) is 2.94. The third kappa shape index (κ3) is 1.31. The number of carbonyl (C=O) groups is 1. The Kier molecular flexibility index (Phi) is 1.99. The largest absolute Gasteiger partial charge is 0.299 e. The van der Waals surface area contributed by atoms with E-state index in [9.17, 15) is 4.79 Å². The van der Waals surface area contributed by atoms with E-state index in [0.717, 1.165) is 12.0 Å². The van der Waals surface area contributed by atoms with Crippen molar-refractivity contribution < 1.29 is 4.79 Å². The quantitative estimate of drug-likeness (QED) is 0.441. The monoisotopic (exact) mass is 136 g/mol. The second kappa shape index (κ2) is 2.96. The smallest absolute Gasteiger partial charge is 0.142 e. The highest BCUT2D eigenvalue weighted by Gasteiger charge is 1.89. The van der Waals surface area contributed by atoms with Crippen LogP contribution in [0.5, 0.6) is 0 Å². The minimum Gasteiger partial charge on any atom is -0.299 e. The van der Waals surface area contributed by atoms with Gasteiger partial charge in [0, 0.05) is 13.2 Å². The zero-order chi connectivity index (χ0) is 7.40. The molecule has 1 aromatic heterocycles. The highest BCUT2D eigenvalue weighted by atomic mass is 16.1. The van der Waals surface area contributed by atoms with Crippen molar-refractivity contribution >= 4 is 12.4 Å². The summed E-state index contributed by atoms with van der Waals surface area (Å²) in [7, 11) is 1.82. The second-order valence-electron chi connectivity index (χ2n) is 1.87. The van der Waals surface area contributed by atoms with Gasteiger partial charge in [-0.25, -0.2) is 0 Å². The molecule has 0 saturated carbocycles. The molecule has 0 amide bonds. The standard InChI is InChI=1S/C7H8N2O/c1-9-7(3-2-6-10)4-5-8-9/h2-6H,1H3. The van der Waals surface area contributed by atoms with E-state index in [0.29, 0.717) is 0 Å². The molecule has 1 heterocycles. The Hall–Kier alpha value is -1.38. The van der Waals surface area contributed by atoms with Crippen LogP contribution in [0, 0.1) is 0 Å². The summed E-state index contributed by atoms with van der Waals surface area (Å²) in [6.45, 7) is 0. The average molecular weight is 136 g/mol. The maximum absolute atomic E-state index is 9.89. The average Bonchev–Trinajstić information content (AvgIpc) is 2.31. The Labute approximate surface area is 59.0 Å². The van der Waals surface area contributed by atoms with Crippen molar-refractivity contribution in [3.05, 3.63) is 24.0 Å². The summed E-state index contributed by atoms with van der Waals surface area (Å²) in [6.07, 6.45) is 5.58. The molecule has 0 saturated heterocycles. The SMILES string of the molecule is Cn1nccc1C=CC=O. The first kappa shape index (κ1) is 6.74. The van der Waals surface area contributed by atoms with Crippen molar-refractivity contribution in [1.82, 2.24) is 9.78 Å². The molecular weight excluding hydrogens is 128 g/mol. The van der Waals surface area contributed by atoms with E-state index in [2.05, 4.69) is 5.10 Å². The van der Waals surface area contributed by atoms with Crippen molar-refractivity contribution in [3.8, 4) is 0 Å². The van der Waals surface area contributed by atoms with Crippen molar-refractivity contribution in [3.63, 3.8) is 0 Å². The van der Waals surface area contributed by atoms with E-state index in [1.165, 1.54) is 6.08 Å². The molecule has 3 heteroatoms. The number of aryl methyl sites for hydroxylation is 1. The highest BCUT2D eigenvalue weighted by molar-refractivity contribution is 5.72. The fourth-order valence-corrected chi connectivity index (χ4v) is 0.686. The van der Waals surface area contributed by atoms with Crippen LogP contribution in [0.3, 0.4) is 0 Å². The molecule has 10 heavy (non-hydrogen) atoms. The summed E-state index contributed by atoms with van der Waals surface area (Å²) in [6, 6.07) is 1.83. The number of allylic oxidation sites excluding steroid dienone is 1. The molecular formula is C7H8N2O. The molecule has 0 N–H and O–H groups in total. The van der Waals surface area contributed by atoms with Crippen LogP contribution in [0.4, 0.5) is 0 Å². The molecule has 1 rings (SSSR count). The summed E-state index contributed by atoms with van der Waals surface area (Å²) < 4.78 is 1.69. The van der Waals surface area contributed by atoms with Crippen molar-refractivity contribution in [2.45, 2.75) is 0 Å². The second-order valence-corrected chi connectivity index (χ2v) is 1.87. The van der Waals surface area contributed by atoms with Gasteiger partial charge in [-0.3, -0.25) is 9.48 Å². The number of hydrogen-bond acceptors (Lipinski definition) is 2. The normalized spacial score (nSPS) is 10.5. The molecule has 0 aliphatic rings. The maximum Gasteiger partial charge on any atom is 0.142 e. The molecule has 0 aliphatic heterocycles. The van der Waals surface area contributed by atoms with Crippen LogP contribution < -0.4 is 0 Å². The summed E-state index contributed by atoms with van der Waals surface area (Å²) >= 11 is 0. The lowest BCUT2D eigenvalue weighted by Gasteiger charge is -1.90. The Morgan fingerprint density at radius 1 is 1.70 bits per heavy atom. The van der Waals surface area contributed by atoms with Crippen LogP contribution in [-0.4, -0.2) is 16.1 Å². The zero-order valence-corrected chi connectivity index (χ0v) is 5.69. The minimum atomic E-state index is 0.743.